The number of unbranched alkanes of at least 4 members (excludes halogenated alkanes) is 16. The van der Waals surface area contributed by atoms with E-state index in [4.69, 9.17) is 9.47 Å². The van der Waals surface area contributed by atoms with E-state index in [1.807, 2.05) is 0 Å². The van der Waals surface area contributed by atoms with E-state index >= 15 is 0 Å². The Hall–Kier alpha value is -1.10. The second-order valence-electron chi connectivity index (χ2n) is 13.9. The number of esters is 2. The van der Waals surface area contributed by atoms with E-state index < -0.39 is 0 Å². The normalized spacial score (nSPS) is 11.5. The van der Waals surface area contributed by atoms with Crippen LogP contribution in [0, 0.1) is 11.8 Å². The molecule has 0 unspecified atom stereocenters. The highest BCUT2D eigenvalue weighted by Crippen LogP contribution is 2.21. The molecule has 1 N–H and O–H groups in total. The Kier molecular flexibility index (Phi) is 34.9. The van der Waals surface area contributed by atoms with Gasteiger partial charge in [-0.2, -0.15) is 0 Å². The van der Waals surface area contributed by atoms with Crippen LogP contribution in [0.2, 0.25) is 0 Å². The van der Waals surface area contributed by atoms with E-state index in [0.717, 1.165) is 51.6 Å². The van der Waals surface area contributed by atoms with Crippen LogP contribution < -0.4 is 5.32 Å². The van der Waals surface area contributed by atoms with Crippen molar-refractivity contribution in [3.63, 3.8) is 0 Å². The minimum Gasteiger partial charge on any atom is -0.465 e. The Labute approximate surface area is 281 Å². The molecule has 0 aromatic heterocycles. The van der Waals surface area contributed by atoms with Gasteiger partial charge in [-0.15, -0.1) is 0 Å². The Morgan fingerprint density at radius 2 is 0.733 bits per heavy atom. The molecule has 0 radical (unpaired) electrons. The second-order valence-corrected chi connectivity index (χ2v) is 13.9. The highest BCUT2D eigenvalue weighted by atomic mass is 16.5. The molecule has 0 amide bonds. The SMILES string of the molecule is CCCCCCC(CCCCCC)COC(=O)CCCCCNCCCCCC(=O)OCC(CCCCCC)CCCCCC. The van der Waals surface area contributed by atoms with Gasteiger partial charge in [-0.1, -0.05) is 143 Å². The zero-order valence-corrected chi connectivity index (χ0v) is 30.9. The Morgan fingerprint density at radius 3 is 1.04 bits per heavy atom. The minimum atomic E-state index is -0.0110. The molecule has 0 saturated carbocycles. The van der Waals surface area contributed by atoms with E-state index in [2.05, 4.69) is 33.0 Å². The summed E-state index contributed by atoms with van der Waals surface area (Å²) in [4.78, 5) is 24.6. The van der Waals surface area contributed by atoms with Crippen LogP contribution in [0.3, 0.4) is 0 Å². The summed E-state index contributed by atoms with van der Waals surface area (Å²) in [5.41, 5.74) is 0. The van der Waals surface area contributed by atoms with Crippen LogP contribution in [0.15, 0.2) is 0 Å². The molecule has 45 heavy (non-hydrogen) atoms. The topological polar surface area (TPSA) is 64.6 Å². The molecule has 0 atom stereocenters. The monoisotopic (exact) mass is 638 g/mol. The van der Waals surface area contributed by atoms with Gasteiger partial charge >= 0.3 is 11.9 Å². The van der Waals surface area contributed by atoms with Crippen molar-refractivity contribution >= 4 is 11.9 Å². The van der Waals surface area contributed by atoms with Crippen molar-refractivity contribution in [2.24, 2.45) is 11.8 Å². The van der Waals surface area contributed by atoms with Crippen molar-refractivity contribution in [2.45, 2.75) is 207 Å². The molecule has 5 heteroatoms. The van der Waals surface area contributed by atoms with Crippen molar-refractivity contribution in [1.29, 1.82) is 0 Å². The molecule has 0 fully saturated rings. The number of rotatable bonds is 36. The quantitative estimate of drug-likeness (QED) is 0.0547. The summed E-state index contributed by atoms with van der Waals surface area (Å²) >= 11 is 0. The van der Waals surface area contributed by atoms with Crippen molar-refractivity contribution in [1.82, 2.24) is 5.32 Å². The van der Waals surface area contributed by atoms with Gasteiger partial charge in [0.25, 0.3) is 0 Å². The molecule has 268 valence electrons. The third-order valence-corrected chi connectivity index (χ3v) is 9.29. The second kappa shape index (κ2) is 35.7. The Balaban J connectivity index is 3.83. The molecule has 0 aromatic carbocycles. The molecule has 0 saturated heterocycles. The van der Waals surface area contributed by atoms with Crippen molar-refractivity contribution < 1.29 is 19.1 Å². The summed E-state index contributed by atoms with van der Waals surface area (Å²) in [6.45, 7) is 12.2. The maximum absolute atomic E-state index is 12.3. The van der Waals surface area contributed by atoms with Crippen LogP contribution in [0.25, 0.3) is 0 Å². The van der Waals surface area contributed by atoms with Gasteiger partial charge in [0.05, 0.1) is 13.2 Å². The summed E-state index contributed by atoms with van der Waals surface area (Å²) in [7, 11) is 0. The van der Waals surface area contributed by atoms with Crippen molar-refractivity contribution in [2.75, 3.05) is 26.3 Å². The molecule has 0 aliphatic heterocycles. The fourth-order valence-electron chi connectivity index (χ4n) is 6.14. The highest BCUT2D eigenvalue weighted by molar-refractivity contribution is 5.69. The van der Waals surface area contributed by atoms with Crippen LogP contribution in [0.4, 0.5) is 0 Å². The first kappa shape index (κ1) is 43.9. The van der Waals surface area contributed by atoms with Crippen molar-refractivity contribution in [3.05, 3.63) is 0 Å². The lowest BCUT2D eigenvalue weighted by Crippen LogP contribution is -2.17. The van der Waals surface area contributed by atoms with Gasteiger partial charge in [-0.25, -0.2) is 0 Å². The van der Waals surface area contributed by atoms with E-state index in [-0.39, 0.29) is 11.9 Å². The van der Waals surface area contributed by atoms with Crippen LogP contribution in [-0.4, -0.2) is 38.2 Å². The fraction of sp³-hybridized carbons (Fsp3) is 0.950. The number of hydrogen-bond acceptors (Lipinski definition) is 5. The summed E-state index contributed by atoms with van der Waals surface area (Å²) in [6.07, 6.45) is 32.6. The molecule has 0 spiro atoms. The van der Waals surface area contributed by atoms with Crippen LogP contribution in [-0.2, 0) is 19.1 Å². The lowest BCUT2D eigenvalue weighted by molar-refractivity contribution is -0.146. The molecule has 0 aliphatic carbocycles. The molecular formula is C40H79NO4. The van der Waals surface area contributed by atoms with Gasteiger partial charge in [-0.05, 0) is 76.3 Å². The highest BCUT2D eigenvalue weighted by Gasteiger charge is 2.13. The average molecular weight is 638 g/mol. The molecule has 0 bridgehead atoms. The summed E-state index contributed by atoms with van der Waals surface area (Å²) in [5.74, 6) is 1.06. The smallest absolute Gasteiger partial charge is 0.305 e. The van der Waals surface area contributed by atoms with Crippen LogP contribution in [0.1, 0.15) is 207 Å². The number of ether oxygens (including phenoxy) is 2. The average Bonchev–Trinajstić information content (AvgIpc) is 3.04. The lowest BCUT2D eigenvalue weighted by atomic mass is 9.95. The maximum atomic E-state index is 12.3. The van der Waals surface area contributed by atoms with Gasteiger partial charge in [0, 0.05) is 12.8 Å². The van der Waals surface area contributed by atoms with Gasteiger partial charge in [0.2, 0.25) is 0 Å². The van der Waals surface area contributed by atoms with Gasteiger partial charge in [-0.3, -0.25) is 9.59 Å². The molecule has 5 nitrogen and oxygen atoms in total. The third-order valence-electron chi connectivity index (χ3n) is 9.29. The van der Waals surface area contributed by atoms with Gasteiger partial charge in [0.15, 0.2) is 0 Å². The molecule has 0 aliphatic rings. The van der Waals surface area contributed by atoms with Crippen LogP contribution >= 0.6 is 0 Å². The van der Waals surface area contributed by atoms with Crippen molar-refractivity contribution in [3.8, 4) is 0 Å². The zero-order valence-electron chi connectivity index (χ0n) is 30.9. The van der Waals surface area contributed by atoms with Gasteiger partial charge in [0.1, 0.15) is 0 Å². The Morgan fingerprint density at radius 1 is 0.422 bits per heavy atom. The predicted molar refractivity (Wildman–Crippen MR) is 194 cm³/mol. The van der Waals surface area contributed by atoms with E-state index in [1.54, 1.807) is 0 Å². The first-order valence-corrected chi connectivity index (χ1v) is 20.1. The van der Waals surface area contributed by atoms with E-state index in [1.165, 1.54) is 128 Å². The van der Waals surface area contributed by atoms with Gasteiger partial charge < -0.3 is 14.8 Å². The number of carbonyl (C=O) groups excluding carboxylic acids is 2. The molecular weight excluding hydrogens is 558 g/mol. The summed E-state index contributed by atoms with van der Waals surface area (Å²) in [5, 5.41) is 3.52. The largest absolute Gasteiger partial charge is 0.465 e. The fourth-order valence-corrected chi connectivity index (χ4v) is 6.14. The summed E-state index contributed by atoms with van der Waals surface area (Å²) in [6, 6.07) is 0. The molecule has 0 aromatic rings. The first-order chi connectivity index (χ1) is 22.1. The minimum absolute atomic E-state index is 0.0110. The number of hydrogen-bond donors (Lipinski definition) is 1. The molecule has 0 heterocycles. The molecule has 0 rings (SSSR count). The van der Waals surface area contributed by atoms with Crippen LogP contribution in [0.5, 0.6) is 0 Å². The van der Waals surface area contributed by atoms with E-state index in [9.17, 15) is 9.59 Å². The maximum Gasteiger partial charge on any atom is 0.305 e. The standard InChI is InChI=1S/C40H79NO4/c1-5-9-13-19-27-37(28-20-14-10-6-2)35-44-39(42)31-23-17-25-33-41-34-26-18-24-32-40(43)45-36-38(29-21-15-11-7-3)30-22-16-12-8-4/h37-38,41H,5-36H2,1-4H3. The third kappa shape index (κ3) is 32.6. The van der Waals surface area contributed by atoms with E-state index in [0.29, 0.717) is 37.9 Å². The summed E-state index contributed by atoms with van der Waals surface area (Å²) < 4.78 is 11.4. The zero-order chi connectivity index (χ0) is 33.1. The number of nitrogens with one attached hydrogen (secondary N) is 1. The first-order valence-electron chi connectivity index (χ1n) is 20.1. The number of carbonyl (C=O) groups is 2. The Bertz CT molecular complexity index is 549. The lowest BCUT2D eigenvalue weighted by Gasteiger charge is -2.17. The predicted octanol–water partition coefficient (Wildman–Crippen LogP) is 11.9.